The van der Waals surface area contributed by atoms with Gasteiger partial charge in [0.1, 0.15) is 0 Å². The molecule has 3 rings (SSSR count). The monoisotopic (exact) mass is 415 g/mol. The number of rotatable bonds is 5. The summed E-state index contributed by atoms with van der Waals surface area (Å²) in [4.78, 5) is 29.3. The van der Waals surface area contributed by atoms with Gasteiger partial charge in [-0.1, -0.05) is 37.3 Å². The van der Waals surface area contributed by atoms with E-state index < -0.39 is 0 Å². The van der Waals surface area contributed by atoms with E-state index in [9.17, 15) is 9.59 Å². The van der Waals surface area contributed by atoms with Crippen molar-refractivity contribution in [3.05, 3.63) is 70.8 Å². The first-order valence-electron chi connectivity index (χ1n) is 10.0. The number of amides is 2. The molecule has 1 unspecified atom stereocenters. The molecular formula is C23H30ClN3O2. The zero-order valence-electron chi connectivity index (χ0n) is 17.4. The Bertz CT molecular complexity index is 838. The molecule has 0 spiro atoms. The molecule has 2 aromatic rings. The van der Waals surface area contributed by atoms with Gasteiger partial charge in [-0.15, -0.1) is 12.4 Å². The molecule has 2 aromatic carbocycles. The number of hydrogen-bond donors (Lipinski definition) is 1. The molecule has 6 heteroatoms. The van der Waals surface area contributed by atoms with Crippen LogP contribution in [0.4, 0.5) is 0 Å². The molecule has 29 heavy (non-hydrogen) atoms. The van der Waals surface area contributed by atoms with Gasteiger partial charge in [-0.05, 0) is 42.7 Å². The van der Waals surface area contributed by atoms with Crippen molar-refractivity contribution in [2.24, 2.45) is 0 Å². The lowest BCUT2D eigenvalue weighted by atomic mass is 9.99. The molecule has 1 atom stereocenters. The minimum atomic E-state index is -0.0656. The van der Waals surface area contributed by atoms with Gasteiger partial charge in [0.15, 0.2) is 0 Å². The van der Waals surface area contributed by atoms with Crippen molar-refractivity contribution in [3.8, 4) is 0 Å². The molecule has 1 N–H and O–H groups in total. The van der Waals surface area contributed by atoms with Crippen LogP contribution >= 0.6 is 12.4 Å². The van der Waals surface area contributed by atoms with Crippen LogP contribution < -0.4 is 5.32 Å². The number of benzene rings is 2. The standard InChI is InChI=1S/C23H29N3O2.ClH/c1-4-17-9-11-18(12-10-17)21-16-24-13-14-26(21)23(28)20-8-6-7-19(15-20)22(27)25(3)5-2;/h6-12,15,21,24H,4-5,13-14,16H2,1-3H3;1H. The molecule has 1 fully saturated rings. The fourth-order valence-corrected chi connectivity index (χ4v) is 3.54. The maximum atomic E-state index is 13.3. The van der Waals surface area contributed by atoms with Crippen LogP contribution in [0.25, 0.3) is 0 Å². The van der Waals surface area contributed by atoms with Gasteiger partial charge in [0.2, 0.25) is 0 Å². The predicted octanol–water partition coefficient (Wildman–Crippen LogP) is 3.55. The quantitative estimate of drug-likeness (QED) is 0.812. The highest BCUT2D eigenvalue weighted by atomic mass is 35.5. The van der Waals surface area contributed by atoms with Crippen molar-refractivity contribution in [2.75, 3.05) is 33.2 Å². The molecule has 156 valence electrons. The van der Waals surface area contributed by atoms with E-state index >= 15 is 0 Å². The Balaban J connectivity index is 0.00000300. The molecule has 0 aliphatic carbocycles. The van der Waals surface area contributed by atoms with Gasteiger partial charge < -0.3 is 15.1 Å². The van der Waals surface area contributed by atoms with E-state index in [0.717, 1.165) is 25.1 Å². The lowest BCUT2D eigenvalue weighted by Gasteiger charge is -2.36. The second kappa shape index (κ2) is 10.4. The van der Waals surface area contributed by atoms with Crippen LogP contribution in [0, 0.1) is 0 Å². The molecule has 1 aliphatic heterocycles. The minimum Gasteiger partial charge on any atom is -0.342 e. The lowest BCUT2D eigenvalue weighted by Crippen LogP contribution is -2.48. The van der Waals surface area contributed by atoms with E-state index in [0.29, 0.717) is 24.2 Å². The molecule has 0 aromatic heterocycles. The maximum Gasteiger partial charge on any atom is 0.254 e. The van der Waals surface area contributed by atoms with Gasteiger partial charge >= 0.3 is 0 Å². The highest BCUT2D eigenvalue weighted by Gasteiger charge is 2.29. The Morgan fingerprint density at radius 3 is 2.45 bits per heavy atom. The van der Waals surface area contributed by atoms with E-state index in [1.807, 2.05) is 11.8 Å². The number of hydrogen-bond acceptors (Lipinski definition) is 3. The summed E-state index contributed by atoms with van der Waals surface area (Å²) in [5.41, 5.74) is 3.54. The van der Waals surface area contributed by atoms with Crippen molar-refractivity contribution >= 4 is 24.2 Å². The average Bonchev–Trinajstić information content (AvgIpc) is 2.77. The third-order valence-electron chi connectivity index (χ3n) is 5.45. The van der Waals surface area contributed by atoms with Crippen LogP contribution in [0.2, 0.25) is 0 Å². The van der Waals surface area contributed by atoms with Crippen molar-refractivity contribution in [1.82, 2.24) is 15.1 Å². The second-order valence-corrected chi connectivity index (χ2v) is 7.21. The van der Waals surface area contributed by atoms with Crippen molar-refractivity contribution < 1.29 is 9.59 Å². The van der Waals surface area contributed by atoms with Crippen LogP contribution in [-0.2, 0) is 6.42 Å². The summed E-state index contributed by atoms with van der Waals surface area (Å²) in [6, 6.07) is 15.6. The van der Waals surface area contributed by atoms with Gasteiger partial charge in [0, 0.05) is 44.4 Å². The normalized spacial score (nSPS) is 16.1. The van der Waals surface area contributed by atoms with Crippen molar-refractivity contribution in [3.63, 3.8) is 0 Å². The molecule has 1 saturated heterocycles. The SMILES string of the molecule is CCc1ccc(C2CNCCN2C(=O)c2cccc(C(=O)N(C)CC)c2)cc1.Cl. The lowest BCUT2D eigenvalue weighted by molar-refractivity contribution is 0.0634. The number of nitrogens with zero attached hydrogens (tertiary/aromatic N) is 2. The molecule has 1 heterocycles. The molecule has 0 saturated carbocycles. The topological polar surface area (TPSA) is 52.7 Å². The first-order valence-corrected chi connectivity index (χ1v) is 10.0. The number of carbonyl (C=O) groups is 2. The van der Waals surface area contributed by atoms with Gasteiger partial charge in [0.05, 0.1) is 6.04 Å². The molecule has 0 radical (unpaired) electrons. The summed E-state index contributed by atoms with van der Waals surface area (Å²) in [6.07, 6.45) is 0.999. The van der Waals surface area contributed by atoms with Gasteiger partial charge in [0.25, 0.3) is 11.8 Å². The summed E-state index contributed by atoms with van der Waals surface area (Å²) in [7, 11) is 1.77. The summed E-state index contributed by atoms with van der Waals surface area (Å²) in [5.74, 6) is -0.0935. The Morgan fingerprint density at radius 1 is 1.10 bits per heavy atom. The van der Waals surface area contributed by atoms with E-state index in [1.165, 1.54) is 5.56 Å². The molecule has 2 amide bonds. The molecular weight excluding hydrogens is 386 g/mol. The number of carbonyl (C=O) groups excluding carboxylic acids is 2. The number of aryl methyl sites for hydroxylation is 1. The number of piperazine rings is 1. The second-order valence-electron chi connectivity index (χ2n) is 7.21. The molecule has 5 nitrogen and oxygen atoms in total. The Kier molecular flexibility index (Phi) is 8.23. The average molecular weight is 416 g/mol. The van der Waals surface area contributed by atoms with E-state index in [4.69, 9.17) is 0 Å². The van der Waals surface area contributed by atoms with Gasteiger partial charge in [-0.25, -0.2) is 0 Å². The zero-order chi connectivity index (χ0) is 20.1. The molecule has 1 aliphatic rings. The van der Waals surface area contributed by atoms with Crippen LogP contribution in [0.1, 0.15) is 51.7 Å². The van der Waals surface area contributed by atoms with Crippen molar-refractivity contribution in [1.29, 1.82) is 0 Å². The summed E-state index contributed by atoms with van der Waals surface area (Å²) >= 11 is 0. The van der Waals surface area contributed by atoms with Gasteiger partial charge in [-0.3, -0.25) is 9.59 Å². The summed E-state index contributed by atoms with van der Waals surface area (Å²) in [5, 5.41) is 3.40. The fraction of sp³-hybridized carbons (Fsp3) is 0.391. The number of nitrogens with one attached hydrogen (secondary N) is 1. The van der Waals surface area contributed by atoms with Crippen LogP contribution in [0.5, 0.6) is 0 Å². The highest BCUT2D eigenvalue weighted by Crippen LogP contribution is 2.25. The summed E-state index contributed by atoms with van der Waals surface area (Å²) in [6.45, 7) is 6.84. The van der Waals surface area contributed by atoms with Crippen LogP contribution in [0.15, 0.2) is 48.5 Å². The highest BCUT2D eigenvalue weighted by molar-refractivity contribution is 5.99. The Hall–Kier alpha value is -2.37. The minimum absolute atomic E-state index is 0. The predicted molar refractivity (Wildman–Crippen MR) is 119 cm³/mol. The van der Waals surface area contributed by atoms with Crippen LogP contribution in [0.3, 0.4) is 0 Å². The van der Waals surface area contributed by atoms with Gasteiger partial charge in [-0.2, -0.15) is 0 Å². The molecule has 0 bridgehead atoms. The maximum absolute atomic E-state index is 13.3. The van der Waals surface area contributed by atoms with E-state index in [1.54, 1.807) is 36.2 Å². The summed E-state index contributed by atoms with van der Waals surface area (Å²) < 4.78 is 0. The third-order valence-corrected chi connectivity index (χ3v) is 5.45. The van der Waals surface area contributed by atoms with Crippen molar-refractivity contribution in [2.45, 2.75) is 26.3 Å². The van der Waals surface area contributed by atoms with Crippen LogP contribution in [-0.4, -0.2) is 54.8 Å². The van der Waals surface area contributed by atoms with E-state index in [-0.39, 0.29) is 30.3 Å². The largest absolute Gasteiger partial charge is 0.342 e. The first-order chi connectivity index (χ1) is 13.5. The van der Waals surface area contributed by atoms with E-state index in [2.05, 4.69) is 36.5 Å². The fourth-order valence-electron chi connectivity index (χ4n) is 3.54. The first kappa shape index (κ1) is 22.9. The zero-order valence-corrected chi connectivity index (χ0v) is 18.2. The Labute approximate surface area is 179 Å². The Morgan fingerprint density at radius 2 is 1.79 bits per heavy atom. The smallest absolute Gasteiger partial charge is 0.254 e. The third kappa shape index (κ3) is 5.17. The number of halogens is 1.